The van der Waals surface area contributed by atoms with Gasteiger partial charge in [0, 0.05) is 33.6 Å². The first-order valence-corrected chi connectivity index (χ1v) is 12.2. The van der Waals surface area contributed by atoms with Crippen molar-refractivity contribution in [3.05, 3.63) is 66.9 Å². The molecular formula is C24H26N5O2P. The molecule has 32 heavy (non-hydrogen) atoms. The van der Waals surface area contributed by atoms with Crippen molar-refractivity contribution in [2.45, 2.75) is 12.5 Å². The van der Waals surface area contributed by atoms with Gasteiger partial charge in [0.2, 0.25) is 0 Å². The molecular weight excluding hydrogens is 421 g/mol. The molecule has 1 fully saturated rings. The Labute approximate surface area is 189 Å². The van der Waals surface area contributed by atoms with Crippen LogP contribution in [-0.4, -0.2) is 52.3 Å². The van der Waals surface area contributed by atoms with Crippen LogP contribution in [0.5, 0.6) is 23.0 Å². The Hall–Kier alpha value is -3.15. The van der Waals surface area contributed by atoms with Gasteiger partial charge in [-0.3, -0.25) is 0 Å². The van der Waals surface area contributed by atoms with Crippen LogP contribution >= 0.6 is 8.73 Å². The molecule has 2 atom stereocenters. The summed E-state index contributed by atoms with van der Waals surface area (Å²) in [7, 11) is 2.63. The highest BCUT2D eigenvalue weighted by atomic mass is 31.1. The molecule has 7 nitrogen and oxygen atoms in total. The minimum absolute atomic E-state index is 0.370. The van der Waals surface area contributed by atoms with Crippen LogP contribution in [-0.2, 0) is 0 Å². The summed E-state index contributed by atoms with van der Waals surface area (Å²) >= 11 is 0. The number of likely N-dealkylation sites (N-methyl/N-ethyl adjacent to an activating group) is 1. The minimum atomic E-state index is 0.370. The summed E-state index contributed by atoms with van der Waals surface area (Å²) in [4.78, 5) is 6.91. The number of hydrogen-bond donors (Lipinski definition) is 1. The molecule has 1 N–H and O–H groups in total. The molecule has 4 aromatic rings. The first-order chi connectivity index (χ1) is 15.7. The van der Waals surface area contributed by atoms with Gasteiger partial charge >= 0.3 is 0 Å². The topological polar surface area (TPSA) is 64.4 Å². The maximum absolute atomic E-state index is 6.28. The molecule has 1 aliphatic rings. The number of pyridine rings is 1. The number of hydrogen-bond acceptors (Lipinski definition) is 6. The Bertz CT molecular complexity index is 1200. The Morgan fingerprint density at radius 1 is 0.969 bits per heavy atom. The Balaban J connectivity index is 1.40. The molecule has 3 heterocycles. The molecule has 164 valence electrons. The van der Waals surface area contributed by atoms with Crippen molar-refractivity contribution in [1.29, 1.82) is 0 Å². The second-order valence-electron chi connectivity index (χ2n) is 7.87. The van der Waals surface area contributed by atoms with Crippen molar-refractivity contribution in [3.8, 4) is 23.0 Å². The summed E-state index contributed by atoms with van der Waals surface area (Å²) in [5.74, 6) is 3.87. The van der Waals surface area contributed by atoms with Gasteiger partial charge in [-0.25, -0.2) is 9.44 Å². The number of fused-ring (bicyclic) bond motifs is 1. The zero-order valence-corrected chi connectivity index (χ0v) is 19.2. The summed E-state index contributed by atoms with van der Waals surface area (Å²) in [5.41, 5.74) is 0.834. The predicted molar refractivity (Wildman–Crippen MR) is 130 cm³/mol. The monoisotopic (exact) mass is 447 g/mol. The van der Waals surface area contributed by atoms with E-state index in [-0.39, 0.29) is 0 Å². The van der Waals surface area contributed by atoms with Gasteiger partial charge in [-0.15, -0.1) is 5.10 Å². The quantitative estimate of drug-likeness (QED) is 0.393. The van der Waals surface area contributed by atoms with E-state index in [9.17, 15) is 0 Å². The van der Waals surface area contributed by atoms with E-state index in [2.05, 4.69) is 28.9 Å². The first kappa shape index (κ1) is 20.7. The van der Waals surface area contributed by atoms with Gasteiger partial charge in [-0.1, -0.05) is 18.2 Å². The fourth-order valence-electron chi connectivity index (χ4n) is 3.93. The summed E-state index contributed by atoms with van der Waals surface area (Å²) in [6.45, 7) is 4.19. The van der Waals surface area contributed by atoms with Crippen molar-refractivity contribution >= 4 is 25.6 Å². The normalized spacial score (nSPS) is 16.8. The number of likely N-dealkylation sites (tertiary alicyclic amines) is 1. The highest BCUT2D eigenvalue weighted by Crippen LogP contribution is 2.37. The molecule has 0 saturated carbocycles. The average Bonchev–Trinajstić information content (AvgIpc) is 3.39. The molecule has 0 amide bonds. The first-order valence-electron chi connectivity index (χ1n) is 10.7. The molecule has 1 aliphatic heterocycles. The van der Waals surface area contributed by atoms with Crippen molar-refractivity contribution in [2.75, 3.05) is 32.1 Å². The van der Waals surface area contributed by atoms with Crippen LogP contribution in [0.3, 0.4) is 0 Å². The maximum atomic E-state index is 6.28. The lowest BCUT2D eigenvalue weighted by molar-refractivity contribution is 0.414. The van der Waals surface area contributed by atoms with E-state index >= 15 is 0 Å². The van der Waals surface area contributed by atoms with Crippen LogP contribution in [0.4, 0.5) is 5.82 Å². The molecule has 5 rings (SSSR count). The second kappa shape index (κ2) is 9.15. The zero-order valence-electron chi connectivity index (χ0n) is 18.2. The van der Waals surface area contributed by atoms with Crippen molar-refractivity contribution < 1.29 is 9.47 Å². The molecule has 1 unspecified atom stereocenters. The van der Waals surface area contributed by atoms with Crippen LogP contribution in [0.1, 0.15) is 6.42 Å². The van der Waals surface area contributed by atoms with Gasteiger partial charge in [0.1, 0.15) is 28.4 Å². The molecule has 0 aliphatic carbocycles. The molecule has 0 bridgehead atoms. The number of nitrogens with one attached hydrogen (secondary N) is 1. The second-order valence-corrected chi connectivity index (χ2v) is 8.74. The molecule has 1 saturated heterocycles. The third kappa shape index (κ3) is 4.40. The number of rotatable bonds is 7. The number of aromatic nitrogens is 3. The highest BCUT2D eigenvalue weighted by Gasteiger charge is 2.23. The SMILES string of the molecule is CPn1nc(N[C@@H]2CCN(C)C2)c2c(Oc3ccc(Oc4ccccc4)cc3)ccnc21. The van der Waals surface area contributed by atoms with Crippen LogP contribution in [0.25, 0.3) is 11.0 Å². The molecule has 0 spiro atoms. The van der Waals surface area contributed by atoms with E-state index in [1.165, 1.54) is 0 Å². The van der Waals surface area contributed by atoms with Gasteiger partial charge in [-0.05, 0) is 63.1 Å². The van der Waals surface area contributed by atoms with Crippen LogP contribution in [0.15, 0.2) is 66.9 Å². The third-order valence-electron chi connectivity index (χ3n) is 5.50. The number of benzene rings is 2. The van der Waals surface area contributed by atoms with Crippen LogP contribution in [0.2, 0.25) is 0 Å². The van der Waals surface area contributed by atoms with E-state index in [1.807, 2.05) is 65.1 Å². The number of nitrogens with zero attached hydrogens (tertiary/aromatic N) is 4. The summed E-state index contributed by atoms with van der Waals surface area (Å²) in [5, 5.41) is 9.34. The predicted octanol–water partition coefficient (Wildman–Crippen LogP) is 5.20. The van der Waals surface area contributed by atoms with E-state index < -0.39 is 0 Å². The fraction of sp³-hybridized carbons (Fsp3) is 0.250. The van der Waals surface area contributed by atoms with Gasteiger partial charge in [0.05, 0.1) is 0 Å². The lowest BCUT2D eigenvalue weighted by Crippen LogP contribution is -2.23. The van der Waals surface area contributed by atoms with Gasteiger partial charge in [0.15, 0.2) is 11.5 Å². The Morgan fingerprint density at radius 3 is 2.38 bits per heavy atom. The summed E-state index contributed by atoms with van der Waals surface area (Å²) in [6, 6.07) is 19.6. The largest absolute Gasteiger partial charge is 0.457 e. The van der Waals surface area contributed by atoms with E-state index in [1.54, 1.807) is 6.20 Å². The molecule has 2 aromatic carbocycles. The van der Waals surface area contributed by atoms with E-state index in [4.69, 9.17) is 14.6 Å². The average molecular weight is 447 g/mol. The van der Waals surface area contributed by atoms with E-state index in [0.717, 1.165) is 59.4 Å². The zero-order chi connectivity index (χ0) is 21.9. The standard InChI is InChI=1S/C24H26N5O2P/c1-28-15-13-17(16-28)26-23-22-21(12-14-25-24(22)29(27-23)32-2)31-20-10-8-19(9-11-20)30-18-6-4-3-5-7-18/h3-12,14,17,32H,13,15-16H2,1-2H3,(H,26,27)/t17-/m1/s1. The number of para-hydroxylation sites is 1. The summed E-state index contributed by atoms with van der Waals surface area (Å²) < 4.78 is 14.1. The van der Waals surface area contributed by atoms with E-state index in [0.29, 0.717) is 14.8 Å². The van der Waals surface area contributed by atoms with Crippen molar-refractivity contribution in [1.82, 2.24) is 19.4 Å². The van der Waals surface area contributed by atoms with Gasteiger partial charge in [0.25, 0.3) is 0 Å². The molecule has 8 heteroatoms. The lowest BCUT2D eigenvalue weighted by Gasteiger charge is -2.13. The number of anilines is 1. The molecule has 2 aromatic heterocycles. The lowest BCUT2D eigenvalue weighted by atomic mass is 10.2. The van der Waals surface area contributed by atoms with Crippen LogP contribution in [0, 0.1) is 0 Å². The van der Waals surface area contributed by atoms with Crippen LogP contribution < -0.4 is 14.8 Å². The summed E-state index contributed by atoms with van der Waals surface area (Å²) in [6.07, 6.45) is 2.87. The fourth-order valence-corrected chi connectivity index (χ4v) is 4.51. The van der Waals surface area contributed by atoms with Gasteiger partial charge < -0.3 is 19.7 Å². The molecule has 0 radical (unpaired) electrons. The smallest absolute Gasteiger partial charge is 0.166 e. The van der Waals surface area contributed by atoms with Crippen molar-refractivity contribution in [3.63, 3.8) is 0 Å². The van der Waals surface area contributed by atoms with Gasteiger partial charge in [-0.2, -0.15) is 0 Å². The minimum Gasteiger partial charge on any atom is -0.457 e. The number of ether oxygens (including phenoxy) is 2. The maximum Gasteiger partial charge on any atom is 0.166 e. The third-order valence-corrected chi connectivity index (χ3v) is 6.24. The highest BCUT2D eigenvalue weighted by molar-refractivity contribution is 7.35. The Kier molecular flexibility index (Phi) is 5.93. The Morgan fingerprint density at radius 2 is 1.69 bits per heavy atom. The van der Waals surface area contributed by atoms with Crippen molar-refractivity contribution in [2.24, 2.45) is 0 Å².